The summed E-state index contributed by atoms with van der Waals surface area (Å²) in [6.07, 6.45) is 2.19. The second-order valence-corrected chi connectivity index (χ2v) is 5.97. The average molecular weight is 341 g/mol. The van der Waals surface area contributed by atoms with Gasteiger partial charge in [-0.15, -0.1) is 0 Å². The van der Waals surface area contributed by atoms with E-state index < -0.39 is 30.4 Å². The normalized spacial score (nSPS) is 17.3. The molecule has 1 saturated heterocycles. The minimum absolute atomic E-state index is 0.136. The van der Waals surface area contributed by atoms with E-state index in [4.69, 9.17) is 10.5 Å². The third-order valence-electron chi connectivity index (χ3n) is 4.29. The van der Waals surface area contributed by atoms with Gasteiger partial charge in [-0.1, -0.05) is 24.3 Å². The Bertz CT molecular complexity index is 821. The number of fused-ring (bicyclic) bond motifs is 1. The molecule has 25 heavy (non-hydrogen) atoms. The fraction of sp³-hybridized carbons (Fsp3) is 0.333. The highest BCUT2D eigenvalue weighted by molar-refractivity contribution is 5.93. The molecule has 1 aliphatic heterocycles. The number of carbonyl (C=O) groups excluding carboxylic acids is 3. The van der Waals surface area contributed by atoms with Crippen molar-refractivity contribution in [2.45, 2.75) is 25.3 Å². The van der Waals surface area contributed by atoms with Gasteiger partial charge in [-0.3, -0.25) is 9.59 Å². The molecule has 0 saturated carbocycles. The van der Waals surface area contributed by atoms with Crippen LogP contribution in [0.5, 0.6) is 0 Å². The minimum Gasteiger partial charge on any atom is -0.451 e. The number of nitrogens with zero attached hydrogens (tertiary/aromatic N) is 2. The third kappa shape index (κ3) is 3.76. The monoisotopic (exact) mass is 341 g/mol. The van der Waals surface area contributed by atoms with Crippen LogP contribution in [0.3, 0.4) is 0 Å². The van der Waals surface area contributed by atoms with Crippen molar-refractivity contribution >= 4 is 28.7 Å². The lowest BCUT2D eigenvalue weighted by atomic mass is 10.0. The Hall–Kier alpha value is -2.96. The predicted octanol–water partition coefficient (Wildman–Crippen LogP) is 1.26. The Balaban J connectivity index is 1.64. The fourth-order valence-electron chi connectivity index (χ4n) is 2.99. The topological polar surface area (TPSA) is 103 Å². The van der Waals surface area contributed by atoms with Crippen LogP contribution >= 0.6 is 0 Å². The number of hydrogen-bond donors (Lipinski definition) is 1. The van der Waals surface area contributed by atoms with Crippen LogP contribution in [-0.2, 0) is 14.3 Å². The molecule has 3 rings (SSSR count). The number of piperidine rings is 1. The first-order valence-corrected chi connectivity index (χ1v) is 8.18. The predicted molar refractivity (Wildman–Crippen MR) is 90.6 cm³/mol. The molecule has 0 unspecified atom stereocenters. The highest BCUT2D eigenvalue weighted by atomic mass is 16.5. The summed E-state index contributed by atoms with van der Waals surface area (Å²) < 4.78 is 5.08. The van der Waals surface area contributed by atoms with Crippen LogP contribution < -0.4 is 5.73 Å². The second-order valence-electron chi connectivity index (χ2n) is 5.97. The van der Waals surface area contributed by atoms with Gasteiger partial charge in [0, 0.05) is 11.9 Å². The Morgan fingerprint density at radius 2 is 1.96 bits per heavy atom. The zero-order valence-electron chi connectivity index (χ0n) is 13.7. The molecule has 2 N–H and O–H groups in total. The zero-order chi connectivity index (χ0) is 17.8. The molecule has 2 amide bonds. The zero-order valence-corrected chi connectivity index (χ0v) is 13.7. The van der Waals surface area contributed by atoms with Crippen LogP contribution in [0, 0.1) is 0 Å². The number of para-hydroxylation sites is 1. The van der Waals surface area contributed by atoms with Gasteiger partial charge in [-0.2, -0.15) is 0 Å². The lowest BCUT2D eigenvalue weighted by Gasteiger charge is -2.33. The van der Waals surface area contributed by atoms with Crippen molar-refractivity contribution in [1.82, 2.24) is 9.88 Å². The molecule has 0 bridgehead atoms. The number of esters is 1. The third-order valence-corrected chi connectivity index (χ3v) is 4.29. The Kier molecular flexibility index (Phi) is 4.92. The number of pyridine rings is 1. The standard InChI is InChI=1S/C18H19N3O4/c19-17(23)15-7-3-4-10-21(15)16(22)11-25-18(24)14-9-8-12-5-1-2-6-13(12)20-14/h1-2,5-6,8-9,15H,3-4,7,10-11H2,(H2,19,23)/t15-/m0/s1. The molecule has 2 aromatic rings. The number of carbonyl (C=O) groups is 3. The average Bonchev–Trinajstić information content (AvgIpc) is 2.65. The number of primary amides is 1. The number of ether oxygens (including phenoxy) is 1. The molecule has 1 atom stereocenters. The van der Waals surface area contributed by atoms with E-state index in [9.17, 15) is 14.4 Å². The van der Waals surface area contributed by atoms with Crippen molar-refractivity contribution in [3.05, 3.63) is 42.1 Å². The van der Waals surface area contributed by atoms with E-state index in [1.54, 1.807) is 18.2 Å². The Labute approximate surface area is 144 Å². The fourth-order valence-corrected chi connectivity index (χ4v) is 2.99. The smallest absolute Gasteiger partial charge is 0.357 e. The molecule has 0 spiro atoms. The van der Waals surface area contributed by atoms with Gasteiger partial charge >= 0.3 is 5.97 Å². The summed E-state index contributed by atoms with van der Waals surface area (Å²) >= 11 is 0. The van der Waals surface area contributed by atoms with Gasteiger partial charge in [0.15, 0.2) is 6.61 Å². The van der Waals surface area contributed by atoms with Crippen molar-refractivity contribution in [2.24, 2.45) is 5.73 Å². The molecule has 1 aromatic carbocycles. The summed E-state index contributed by atoms with van der Waals surface area (Å²) in [6, 6.07) is 10.1. The van der Waals surface area contributed by atoms with E-state index in [-0.39, 0.29) is 5.69 Å². The Morgan fingerprint density at radius 3 is 2.76 bits per heavy atom. The molecule has 1 aromatic heterocycles. The molecule has 7 nitrogen and oxygen atoms in total. The number of amides is 2. The first-order valence-electron chi connectivity index (χ1n) is 8.18. The van der Waals surface area contributed by atoms with Crippen LogP contribution in [0.25, 0.3) is 10.9 Å². The van der Waals surface area contributed by atoms with E-state index in [2.05, 4.69) is 4.98 Å². The molecule has 0 aliphatic carbocycles. The Morgan fingerprint density at radius 1 is 1.16 bits per heavy atom. The number of nitrogens with two attached hydrogens (primary N) is 1. The summed E-state index contributed by atoms with van der Waals surface area (Å²) in [7, 11) is 0. The molecule has 1 aliphatic rings. The molecule has 0 radical (unpaired) electrons. The highest BCUT2D eigenvalue weighted by Gasteiger charge is 2.31. The number of aromatic nitrogens is 1. The summed E-state index contributed by atoms with van der Waals surface area (Å²) in [5, 5.41) is 0.910. The lowest BCUT2D eigenvalue weighted by molar-refractivity contribution is -0.143. The SMILES string of the molecule is NC(=O)[C@@H]1CCCCN1C(=O)COC(=O)c1ccc2ccccc2n1. The van der Waals surface area contributed by atoms with Crippen molar-refractivity contribution < 1.29 is 19.1 Å². The van der Waals surface area contributed by atoms with Crippen molar-refractivity contribution in [3.8, 4) is 0 Å². The van der Waals surface area contributed by atoms with Gasteiger partial charge in [-0.05, 0) is 31.4 Å². The first-order chi connectivity index (χ1) is 12.1. The van der Waals surface area contributed by atoms with Crippen LogP contribution in [0.1, 0.15) is 29.8 Å². The van der Waals surface area contributed by atoms with Crippen molar-refractivity contribution in [1.29, 1.82) is 0 Å². The number of likely N-dealkylation sites (tertiary alicyclic amines) is 1. The molecular formula is C18H19N3O4. The van der Waals surface area contributed by atoms with Gasteiger partial charge in [0.05, 0.1) is 5.52 Å². The van der Waals surface area contributed by atoms with E-state index in [0.717, 1.165) is 18.2 Å². The molecule has 2 heterocycles. The van der Waals surface area contributed by atoms with Gasteiger partial charge < -0.3 is 15.4 Å². The first kappa shape index (κ1) is 16.9. The van der Waals surface area contributed by atoms with Gasteiger partial charge in [0.2, 0.25) is 5.91 Å². The van der Waals surface area contributed by atoms with Gasteiger partial charge in [0.25, 0.3) is 5.91 Å². The van der Waals surface area contributed by atoms with Crippen molar-refractivity contribution in [2.75, 3.05) is 13.2 Å². The number of rotatable bonds is 4. The summed E-state index contributed by atoms with van der Waals surface area (Å²) in [6.45, 7) is 0.00926. The second kappa shape index (κ2) is 7.29. The maximum atomic E-state index is 12.3. The molecule has 130 valence electrons. The van der Waals surface area contributed by atoms with Gasteiger partial charge in [0.1, 0.15) is 11.7 Å². The van der Waals surface area contributed by atoms with Crippen LogP contribution in [0.15, 0.2) is 36.4 Å². The molecule has 1 fully saturated rings. The van der Waals surface area contributed by atoms with Crippen LogP contribution in [0.2, 0.25) is 0 Å². The van der Waals surface area contributed by atoms with Gasteiger partial charge in [-0.25, -0.2) is 9.78 Å². The largest absolute Gasteiger partial charge is 0.451 e. The number of benzene rings is 1. The molecule has 7 heteroatoms. The molecular weight excluding hydrogens is 322 g/mol. The van der Waals surface area contributed by atoms with E-state index in [1.165, 1.54) is 4.90 Å². The number of hydrogen-bond acceptors (Lipinski definition) is 5. The van der Waals surface area contributed by atoms with E-state index in [0.29, 0.717) is 18.5 Å². The van der Waals surface area contributed by atoms with E-state index in [1.807, 2.05) is 18.2 Å². The maximum Gasteiger partial charge on any atom is 0.357 e. The van der Waals surface area contributed by atoms with Crippen LogP contribution in [0.4, 0.5) is 0 Å². The van der Waals surface area contributed by atoms with Crippen molar-refractivity contribution in [3.63, 3.8) is 0 Å². The quantitative estimate of drug-likeness (QED) is 0.843. The minimum atomic E-state index is -0.674. The summed E-state index contributed by atoms with van der Waals surface area (Å²) in [5.41, 5.74) is 6.15. The highest BCUT2D eigenvalue weighted by Crippen LogP contribution is 2.17. The lowest BCUT2D eigenvalue weighted by Crippen LogP contribution is -2.51. The van der Waals surface area contributed by atoms with E-state index >= 15 is 0 Å². The van der Waals surface area contributed by atoms with Crippen LogP contribution in [-0.4, -0.2) is 46.9 Å². The summed E-state index contributed by atoms with van der Waals surface area (Å²) in [4.78, 5) is 41.5. The maximum absolute atomic E-state index is 12.3. The summed E-state index contributed by atoms with van der Waals surface area (Å²) in [5.74, 6) is -1.63.